The molecule has 4 N–H and O–H groups in total. The van der Waals surface area contributed by atoms with Crippen LogP contribution in [0.3, 0.4) is 0 Å². The van der Waals surface area contributed by atoms with Crippen LogP contribution in [-0.2, 0) is 11.3 Å². The predicted octanol–water partition coefficient (Wildman–Crippen LogP) is 1.40. The molecular formula is C11H15ClN2O2. The first-order valence-electron chi connectivity index (χ1n) is 5.06. The monoisotopic (exact) mass is 242 g/mol. The van der Waals surface area contributed by atoms with E-state index in [0.717, 1.165) is 5.56 Å². The predicted molar refractivity (Wildman–Crippen MR) is 63.3 cm³/mol. The molecule has 5 heteroatoms. The molecule has 0 aromatic heterocycles. The van der Waals surface area contributed by atoms with E-state index >= 15 is 0 Å². The van der Waals surface area contributed by atoms with Crippen molar-refractivity contribution in [2.75, 3.05) is 6.54 Å². The van der Waals surface area contributed by atoms with Gasteiger partial charge in [-0.25, -0.2) is 0 Å². The molecule has 1 aromatic carbocycles. The minimum atomic E-state index is -0.299. The number of aromatic hydroxyl groups is 1. The van der Waals surface area contributed by atoms with Gasteiger partial charge in [0.15, 0.2) is 0 Å². The number of phenolic OH excluding ortho intramolecular Hbond substituents is 1. The summed E-state index contributed by atoms with van der Waals surface area (Å²) in [7, 11) is 0. The van der Waals surface area contributed by atoms with Gasteiger partial charge >= 0.3 is 0 Å². The molecular weight excluding hydrogens is 228 g/mol. The first-order valence-corrected chi connectivity index (χ1v) is 5.44. The third-order valence-electron chi connectivity index (χ3n) is 2.16. The molecule has 16 heavy (non-hydrogen) atoms. The topological polar surface area (TPSA) is 75.4 Å². The van der Waals surface area contributed by atoms with Gasteiger partial charge in [0.25, 0.3) is 0 Å². The van der Waals surface area contributed by atoms with Crippen LogP contribution in [0.4, 0.5) is 0 Å². The number of nitrogens with two attached hydrogens (primary N) is 1. The van der Waals surface area contributed by atoms with Gasteiger partial charge in [-0.3, -0.25) is 4.79 Å². The van der Waals surface area contributed by atoms with Crippen molar-refractivity contribution in [3.8, 4) is 5.75 Å². The zero-order chi connectivity index (χ0) is 12.0. The minimum absolute atomic E-state index is 0.103. The van der Waals surface area contributed by atoms with E-state index in [1.807, 2.05) is 0 Å². The van der Waals surface area contributed by atoms with Crippen molar-refractivity contribution in [1.82, 2.24) is 5.32 Å². The molecule has 0 saturated heterocycles. The number of para-hydroxylation sites is 1. The van der Waals surface area contributed by atoms with Crippen LogP contribution in [0.25, 0.3) is 0 Å². The second kappa shape index (κ2) is 6.35. The Kier molecular flexibility index (Phi) is 5.08. The van der Waals surface area contributed by atoms with Crippen LogP contribution in [0.2, 0.25) is 5.02 Å². The highest BCUT2D eigenvalue weighted by Crippen LogP contribution is 2.26. The van der Waals surface area contributed by atoms with Gasteiger partial charge in [0.05, 0.1) is 5.02 Å². The van der Waals surface area contributed by atoms with E-state index in [-0.39, 0.29) is 11.7 Å². The average molecular weight is 243 g/mol. The number of nitrogens with one attached hydrogen (secondary N) is 1. The molecule has 88 valence electrons. The normalized spacial score (nSPS) is 10.3. The first kappa shape index (κ1) is 12.8. The van der Waals surface area contributed by atoms with E-state index in [4.69, 9.17) is 17.3 Å². The molecule has 0 aliphatic heterocycles. The van der Waals surface area contributed by atoms with Gasteiger partial charge in [0.2, 0.25) is 5.91 Å². The molecule has 0 saturated carbocycles. The fraction of sp³-hybridized carbons (Fsp3) is 0.364. The van der Waals surface area contributed by atoms with Crippen LogP contribution in [-0.4, -0.2) is 17.6 Å². The summed E-state index contributed by atoms with van der Waals surface area (Å²) in [6, 6.07) is 5.21. The smallest absolute Gasteiger partial charge is 0.217 e. The van der Waals surface area contributed by atoms with Gasteiger partial charge in [-0.2, -0.15) is 0 Å². The lowest BCUT2D eigenvalue weighted by Gasteiger charge is -2.07. The zero-order valence-corrected chi connectivity index (χ0v) is 9.63. The maximum atomic E-state index is 10.5. The fourth-order valence-corrected chi connectivity index (χ4v) is 1.51. The zero-order valence-electron chi connectivity index (χ0n) is 8.87. The Bertz CT molecular complexity index is 369. The standard InChI is InChI=1S/C11H15ClN2O2/c12-9-4-1-3-8(11(9)16)7-14-6-2-5-10(13)15/h1,3-4,14,16H,2,5-7H2,(H2,13,15). The Hall–Kier alpha value is -1.26. The summed E-state index contributed by atoms with van der Waals surface area (Å²) < 4.78 is 0. The van der Waals surface area contributed by atoms with Crippen LogP contribution in [0.5, 0.6) is 5.75 Å². The minimum Gasteiger partial charge on any atom is -0.506 e. The van der Waals surface area contributed by atoms with E-state index in [1.165, 1.54) is 0 Å². The lowest BCUT2D eigenvalue weighted by atomic mass is 10.2. The van der Waals surface area contributed by atoms with Crippen molar-refractivity contribution in [2.45, 2.75) is 19.4 Å². The largest absolute Gasteiger partial charge is 0.506 e. The molecule has 0 bridgehead atoms. The number of amides is 1. The molecule has 0 spiro atoms. The van der Waals surface area contributed by atoms with Crippen molar-refractivity contribution >= 4 is 17.5 Å². The summed E-state index contributed by atoms with van der Waals surface area (Å²) in [5.41, 5.74) is 5.75. The van der Waals surface area contributed by atoms with Crippen LogP contribution >= 0.6 is 11.6 Å². The van der Waals surface area contributed by atoms with E-state index in [9.17, 15) is 9.90 Å². The molecule has 1 aromatic rings. The molecule has 0 fully saturated rings. The highest BCUT2D eigenvalue weighted by Gasteiger charge is 2.04. The molecule has 0 radical (unpaired) electrons. The second-order valence-corrected chi connectivity index (χ2v) is 3.90. The second-order valence-electron chi connectivity index (χ2n) is 3.49. The van der Waals surface area contributed by atoms with Gasteiger partial charge in [0, 0.05) is 18.5 Å². The van der Waals surface area contributed by atoms with Gasteiger partial charge in [-0.15, -0.1) is 0 Å². The third kappa shape index (κ3) is 4.08. The van der Waals surface area contributed by atoms with Crippen LogP contribution < -0.4 is 11.1 Å². The number of benzene rings is 1. The van der Waals surface area contributed by atoms with Crippen LogP contribution in [0, 0.1) is 0 Å². The number of carbonyl (C=O) groups excluding carboxylic acids is 1. The summed E-state index contributed by atoms with van der Waals surface area (Å²) in [4.78, 5) is 10.5. The number of hydrogen-bond donors (Lipinski definition) is 3. The van der Waals surface area contributed by atoms with Crippen LogP contribution in [0.15, 0.2) is 18.2 Å². The first-order chi connectivity index (χ1) is 7.61. The summed E-state index contributed by atoms with van der Waals surface area (Å²) in [6.45, 7) is 1.19. The lowest BCUT2D eigenvalue weighted by Crippen LogP contribution is -2.18. The van der Waals surface area contributed by atoms with Gasteiger partial charge < -0.3 is 16.2 Å². The Morgan fingerprint density at radius 3 is 2.94 bits per heavy atom. The molecule has 0 aliphatic rings. The third-order valence-corrected chi connectivity index (χ3v) is 2.47. The van der Waals surface area contributed by atoms with E-state index in [1.54, 1.807) is 18.2 Å². The van der Waals surface area contributed by atoms with Crippen molar-refractivity contribution in [1.29, 1.82) is 0 Å². The molecule has 0 heterocycles. The lowest BCUT2D eigenvalue weighted by molar-refractivity contribution is -0.118. The maximum Gasteiger partial charge on any atom is 0.217 e. The Morgan fingerprint density at radius 1 is 1.50 bits per heavy atom. The number of carbonyl (C=O) groups is 1. The number of phenols is 1. The highest BCUT2D eigenvalue weighted by molar-refractivity contribution is 6.32. The molecule has 1 rings (SSSR count). The summed E-state index contributed by atoms with van der Waals surface area (Å²) in [6.07, 6.45) is 1.06. The van der Waals surface area contributed by atoms with E-state index in [0.29, 0.717) is 31.0 Å². The molecule has 0 aliphatic carbocycles. The van der Waals surface area contributed by atoms with Crippen molar-refractivity contribution in [3.63, 3.8) is 0 Å². The average Bonchev–Trinajstić information content (AvgIpc) is 2.23. The Balaban J connectivity index is 2.32. The Labute approximate surface area is 99.4 Å². The molecule has 4 nitrogen and oxygen atoms in total. The van der Waals surface area contributed by atoms with Gasteiger partial charge in [-0.1, -0.05) is 23.7 Å². The van der Waals surface area contributed by atoms with Crippen molar-refractivity contribution in [2.24, 2.45) is 5.73 Å². The SMILES string of the molecule is NC(=O)CCCNCc1cccc(Cl)c1O. The highest BCUT2D eigenvalue weighted by atomic mass is 35.5. The molecule has 1 amide bonds. The maximum absolute atomic E-state index is 10.5. The van der Waals surface area contributed by atoms with E-state index in [2.05, 4.69) is 5.32 Å². The summed E-state index contributed by atoms with van der Waals surface area (Å²) in [5.74, 6) is -0.195. The number of hydrogen-bond acceptors (Lipinski definition) is 3. The summed E-state index contributed by atoms with van der Waals surface area (Å²) in [5, 5.41) is 13.0. The number of primary amides is 1. The fourth-order valence-electron chi connectivity index (χ4n) is 1.31. The van der Waals surface area contributed by atoms with Gasteiger partial charge in [-0.05, 0) is 19.0 Å². The summed E-state index contributed by atoms with van der Waals surface area (Å²) >= 11 is 5.76. The number of halogens is 1. The van der Waals surface area contributed by atoms with E-state index < -0.39 is 0 Å². The molecule has 0 atom stereocenters. The van der Waals surface area contributed by atoms with Crippen molar-refractivity contribution in [3.05, 3.63) is 28.8 Å². The van der Waals surface area contributed by atoms with Crippen molar-refractivity contribution < 1.29 is 9.90 Å². The quantitative estimate of drug-likeness (QED) is 0.660. The van der Waals surface area contributed by atoms with Gasteiger partial charge in [0.1, 0.15) is 5.75 Å². The Morgan fingerprint density at radius 2 is 2.25 bits per heavy atom. The van der Waals surface area contributed by atoms with Crippen LogP contribution in [0.1, 0.15) is 18.4 Å². The molecule has 0 unspecified atom stereocenters. The number of rotatable bonds is 6.